The van der Waals surface area contributed by atoms with Gasteiger partial charge >= 0.3 is 0 Å². The number of furan rings is 1. The fourth-order valence-corrected chi connectivity index (χ4v) is 4.78. The van der Waals surface area contributed by atoms with Crippen molar-refractivity contribution in [2.45, 2.75) is 38.6 Å². The second kappa shape index (κ2) is 12.9. The Morgan fingerprint density at radius 1 is 1.21 bits per heavy atom. The van der Waals surface area contributed by atoms with E-state index < -0.39 is 6.04 Å². The van der Waals surface area contributed by atoms with Crippen molar-refractivity contribution in [3.63, 3.8) is 0 Å². The summed E-state index contributed by atoms with van der Waals surface area (Å²) in [5.41, 5.74) is 2.42. The molecule has 0 aliphatic carbocycles. The Labute approximate surface area is 237 Å². The number of benzene rings is 2. The molecule has 9 nitrogen and oxygen atoms in total. The number of hydrogen-bond donors (Lipinski definition) is 2. The number of fused-ring (bicyclic) bond motifs is 1. The summed E-state index contributed by atoms with van der Waals surface area (Å²) in [5, 5.41) is 16.8. The van der Waals surface area contributed by atoms with E-state index in [9.17, 15) is 14.9 Å². The largest absolute Gasteiger partial charge is 0.461 e. The lowest BCUT2D eigenvalue weighted by Crippen LogP contribution is -2.45. The summed E-state index contributed by atoms with van der Waals surface area (Å²) < 4.78 is 5.61. The number of guanidine groups is 1. The average Bonchev–Trinajstić information content (AvgIpc) is 3.20. The van der Waals surface area contributed by atoms with E-state index in [0.717, 1.165) is 35.1 Å². The molecule has 0 unspecified atom stereocenters. The molecule has 204 valence electrons. The van der Waals surface area contributed by atoms with E-state index in [1.54, 1.807) is 29.0 Å². The first-order valence-corrected chi connectivity index (χ1v) is 13.5. The quantitative estimate of drug-likeness (QED) is 0.180. The van der Waals surface area contributed by atoms with Crippen LogP contribution in [0.25, 0.3) is 11.0 Å². The van der Waals surface area contributed by atoms with Gasteiger partial charge in [0.15, 0.2) is 6.19 Å². The van der Waals surface area contributed by atoms with E-state index in [1.165, 1.54) is 0 Å². The van der Waals surface area contributed by atoms with Crippen LogP contribution in [-0.2, 0) is 16.0 Å². The molecule has 0 saturated carbocycles. The standard InChI is InChI=1S/C28H30Cl2N6O3/c1-18-13-20-15-21(7-9-25(20)39-18)33-28(32-17-31)34-24-5-3-4-11-36(27(24)38)16-26(37)35(2)12-10-19-6-8-22(29)23(30)14-19/h6-9,13-15,24H,3-5,10-12,16H2,1-2H3,(H2,32,33,34)/t24-/m0/s1. The summed E-state index contributed by atoms with van der Waals surface area (Å²) in [5.74, 6) is 0.566. The summed E-state index contributed by atoms with van der Waals surface area (Å²) in [6.45, 7) is 2.79. The maximum Gasteiger partial charge on any atom is 0.247 e. The number of aryl methyl sites for hydroxylation is 1. The van der Waals surface area contributed by atoms with E-state index >= 15 is 0 Å². The molecule has 2 N–H and O–H groups in total. The first-order valence-electron chi connectivity index (χ1n) is 12.7. The van der Waals surface area contributed by atoms with Crippen molar-refractivity contribution in [1.29, 1.82) is 5.26 Å². The molecule has 3 aromatic rings. The fraction of sp³-hybridized carbons (Fsp3) is 0.357. The molecule has 1 aromatic heterocycles. The Bertz CT molecular complexity index is 1430. The predicted octanol–water partition coefficient (Wildman–Crippen LogP) is 4.97. The number of carbonyl (C=O) groups is 2. The van der Waals surface area contributed by atoms with Gasteiger partial charge in [0.25, 0.3) is 0 Å². The number of carbonyl (C=O) groups excluding carboxylic acids is 2. The maximum atomic E-state index is 13.4. The van der Waals surface area contributed by atoms with Gasteiger partial charge in [-0.1, -0.05) is 29.3 Å². The van der Waals surface area contributed by atoms with Crippen molar-refractivity contribution in [1.82, 2.24) is 15.1 Å². The molecule has 39 heavy (non-hydrogen) atoms. The summed E-state index contributed by atoms with van der Waals surface area (Å²) in [6.07, 6.45) is 4.55. The minimum absolute atomic E-state index is 0.0341. The molecule has 2 aromatic carbocycles. The van der Waals surface area contributed by atoms with Crippen LogP contribution in [0.4, 0.5) is 5.69 Å². The van der Waals surface area contributed by atoms with Crippen molar-refractivity contribution in [2.24, 2.45) is 4.99 Å². The third-order valence-corrected chi connectivity index (χ3v) is 7.32. The molecule has 2 amide bonds. The molecule has 0 radical (unpaired) electrons. The Morgan fingerprint density at radius 3 is 2.79 bits per heavy atom. The molecule has 1 aliphatic rings. The number of rotatable bonds is 7. The van der Waals surface area contributed by atoms with E-state index in [1.807, 2.05) is 43.4 Å². The molecular formula is C28H30Cl2N6O3. The Balaban J connectivity index is 1.41. The number of nitrogens with one attached hydrogen (secondary N) is 2. The van der Waals surface area contributed by atoms with Crippen LogP contribution in [0, 0.1) is 18.4 Å². The van der Waals surface area contributed by atoms with Crippen molar-refractivity contribution >= 4 is 57.6 Å². The van der Waals surface area contributed by atoms with Gasteiger partial charge in [0, 0.05) is 31.2 Å². The lowest BCUT2D eigenvalue weighted by atomic mass is 10.1. The highest BCUT2D eigenvalue weighted by atomic mass is 35.5. The van der Waals surface area contributed by atoms with Crippen molar-refractivity contribution in [3.8, 4) is 6.19 Å². The lowest BCUT2D eigenvalue weighted by Gasteiger charge is -2.25. The van der Waals surface area contributed by atoms with Crippen LogP contribution < -0.4 is 10.6 Å². The number of amides is 2. The summed E-state index contributed by atoms with van der Waals surface area (Å²) in [7, 11) is 1.72. The van der Waals surface area contributed by atoms with Gasteiger partial charge in [-0.3, -0.25) is 14.9 Å². The van der Waals surface area contributed by atoms with Crippen molar-refractivity contribution in [3.05, 3.63) is 63.8 Å². The zero-order valence-corrected chi connectivity index (χ0v) is 23.3. The number of likely N-dealkylation sites (tertiary alicyclic amines) is 1. The molecule has 1 fully saturated rings. The topological polar surface area (TPSA) is 114 Å². The maximum absolute atomic E-state index is 13.4. The molecular weight excluding hydrogens is 539 g/mol. The van der Waals surface area contributed by atoms with E-state index in [2.05, 4.69) is 15.6 Å². The normalized spacial score (nSPS) is 16.1. The predicted molar refractivity (Wildman–Crippen MR) is 153 cm³/mol. The third kappa shape index (κ3) is 7.43. The highest BCUT2D eigenvalue weighted by molar-refractivity contribution is 6.42. The molecule has 0 bridgehead atoms. The number of hydrogen-bond acceptors (Lipinski definition) is 5. The van der Waals surface area contributed by atoms with Gasteiger partial charge in [0.1, 0.15) is 17.4 Å². The van der Waals surface area contributed by atoms with Crippen LogP contribution >= 0.6 is 23.2 Å². The highest BCUT2D eigenvalue weighted by Gasteiger charge is 2.29. The molecule has 0 spiro atoms. The Morgan fingerprint density at radius 2 is 2.03 bits per heavy atom. The van der Waals surface area contributed by atoms with Gasteiger partial charge in [-0.15, -0.1) is 0 Å². The van der Waals surface area contributed by atoms with Crippen LogP contribution in [0.1, 0.15) is 30.6 Å². The second-order valence-electron chi connectivity index (χ2n) is 9.53. The number of nitriles is 1. The molecule has 1 saturated heterocycles. The van der Waals surface area contributed by atoms with E-state index in [0.29, 0.717) is 41.7 Å². The molecule has 1 atom stereocenters. The van der Waals surface area contributed by atoms with Gasteiger partial charge in [-0.2, -0.15) is 5.26 Å². The van der Waals surface area contributed by atoms with Gasteiger partial charge in [0.05, 0.1) is 16.6 Å². The van der Waals surface area contributed by atoms with Crippen molar-refractivity contribution in [2.75, 3.05) is 32.0 Å². The summed E-state index contributed by atoms with van der Waals surface area (Å²) in [4.78, 5) is 34.1. The third-order valence-electron chi connectivity index (χ3n) is 6.59. The van der Waals surface area contributed by atoms with Crippen LogP contribution in [0.5, 0.6) is 0 Å². The molecule has 1 aliphatic heterocycles. The highest BCUT2D eigenvalue weighted by Crippen LogP contribution is 2.24. The number of likely N-dealkylation sites (N-methyl/N-ethyl adjacent to an activating group) is 1. The molecule has 4 rings (SSSR count). The zero-order chi connectivity index (χ0) is 27.9. The second-order valence-corrected chi connectivity index (χ2v) is 10.3. The Kier molecular flexibility index (Phi) is 9.33. The lowest BCUT2D eigenvalue weighted by molar-refractivity contribution is -0.140. The monoisotopic (exact) mass is 568 g/mol. The van der Waals surface area contributed by atoms with Gasteiger partial charge in [0.2, 0.25) is 17.8 Å². The SMILES string of the molecule is Cc1cc2cc(NC(=N[C@H]3CCCCN(CC(=O)N(C)CCc4ccc(Cl)c(Cl)c4)C3=O)NC#N)ccc2o1. The van der Waals surface area contributed by atoms with Crippen molar-refractivity contribution < 1.29 is 14.0 Å². The smallest absolute Gasteiger partial charge is 0.247 e. The van der Waals surface area contributed by atoms with E-state index in [-0.39, 0.29) is 24.3 Å². The van der Waals surface area contributed by atoms with E-state index in [4.69, 9.17) is 27.6 Å². The van der Waals surface area contributed by atoms with Crippen LogP contribution in [-0.4, -0.2) is 60.3 Å². The fourth-order valence-electron chi connectivity index (χ4n) is 4.46. The zero-order valence-electron chi connectivity index (χ0n) is 21.8. The average molecular weight is 569 g/mol. The minimum atomic E-state index is -0.718. The van der Waals surface area contributed by atoms with Crippen LogP contribution in [0.2, 0.25) is 10.0 Å². The number of halogens is 2. The van der Waals surface area contributed by atoms with Gasteiger partial charge in [-0.25, -0.2) is 4.99 Å². The molecule has 2 heterocycles. The van der Waals surface area contributed by atoms with Gasteiger partial charge in [-0.05, 0) is 74.6 Å². The van der Waals surface area contributed by atoms with Gasteiger partial charge < -0.3 is 19.5 Å². The number of nitrogens with zero attached hydrogens (tertiary/aromatic N) is 4. The van der Waals surface area contributed by atoms with Crippen LogP contribution in [0.3, 0.4) is 0 Å². The summed E-state index contributed by atoms with van der Waals surface area (Å²) in [6, 6.07) is 12.1. The first kappa shape index (κ1) is 28.3. The minimum Gasteiger partial charge on any atom is -0.461 e. The molecule has 11 heteroatoms. The summed E-state index contributed by atoms with van der Waals surface area (Å²) >= 11 is 12.1. The number of aliphatic imine (C=N–C) groups is 1. The first-order chi connectivity index (χ1) is 18.7. The van der Waals surface area contributed by atoms with Crippen LogP contribution in [0.15, 0.2) is 51.9 Å². The number of anilines is 1. The Hall–Kier alpha value is -3.74.